The summed E-state index contributed by atoms with van der Waals surface area (Å²) in [5.41, 5.74) is 9.39. The number of hydrogen-bond acceptors (Lipinski definition) is 6. The molecule has 36 heavy (non-hydrogen) atoms. The molecule has 8 nitrogen and oxygen atoms in total. The predicted octanol–water partition coefficient (Wildman–Crippen LogP) is 5.22. The highest BCUT2D eigenvalue weighted by Gasteiger charge is 2.17. The summed E-state index contributed by atoms with van der Waals surface area (Å²) in [5.74, 6) is 0.684. The van der Waals surface area contributed by atoms with Gasteiger partial charge in [0.25, 0.3) is 0 Å². The predicted molar refractivity (Wildman–Crippen MR) is 140 cm³/mol. The summed E-state index contributed by atoms with van der Waals surface area (Å²) in [7, 11) is 0. The average molecular weight is 473 g/mol. The Morgan fingerprint density at radius 1 is 0.806 bits per heavy atom. The molecule has 176 valence electrons. The minimum atomic E-state index is 0.684. The fraction of sp³-hybridized carbons (Fsp3) is 0.179. The van der Waals surface area contributed by atoms with Crippen molar-refractivity contribution in [3.8, 4) is 33.9 Å². The Bertz CT molecular complexity index is 1680. The van der Waals surface area contributed by atoms with Crippen molar-refractivity contribution in [3.05, 3.63) is 78.9 Å². The van der Waals surface area contributed by atoms with Crippen molar-refractivity contribution in [2.24, 2.45) is 0 Å². The lowest BCUT2D eigenvalue weighted by atomic mass is 10.1. The molecule has 7 rings (SSSR count). The SMILES string of the molecule is c1cc(-c2ccncc2)c2nc(-c3n[nH]c4ccc(-c5cncc(CN6CCCC6)c5)nc34)[nH]c2c1. The Balaban J connectivity index is 1.28. The zero-order chi connectivity index (χ0) is 23.9. The van der Waals surface area contributed by atoms with Crippen molar-refractivity contribution in [2.45, 2.75) is 19.4 Å². The third-order valence-corrected chi connectivity index (χ3v) is 6.83. The summed E-state index contributed by atoms with van der Waals surface area (Å²) in [6.45, 7) is 3.25. The second-order valence-electron chi connectivity index (χ2n) is 9.25. The number of aromatic amines is 2. The zero-order valence-corrected chi connectivity index (χ0v) is 19.6. The van der Waals surface area contributed by atoms with E-state index in [4.69, 9.17) is 9.97 Å². The lowest BCUT2D eigenvalue weighted by molar-refractivity contribution is 0.331. The Hall–Kier alpha value is -4.43. The molecule has 1 saturated heterocycles. The fourth-order valence-electron chi connectivity index (χ4n) is 5.05. The quantitative estimate of drug-likeness (QED) is 0.357. The minimum Gasteiger partial charge on any atom is -0.336 e. The molecule has 0 amide bonds. The van der Waals surface area contributed by atoms with Crippen LogP contribution in [-0.2, 0) is 6.54 Å². The van der Waals surface area contributed by atoms with Crippen LogP contribution in [0.15, 0.2) is 73.3 Å². The number of likely N-dealkylation sites (tertiary alicyclic amines) is 1. The molecule has 0 spiro atoms. The van der Waals surface area contributed by atoms with E-state index in [1.807, 2.05) is 48.8 Å². The number of fused-ring (bicyclic) bond motifs is 2. The van der Waals surface area contributed by atoms with Crippen molar-refractivity contribution in [3.63, 3.8) is 0 Å². The second kappa shape index (κ2) is 8.66. The highest BCUT2D eigenvalue weighted by molar-refractivity contribution is 5.96. The van der Waals surface area contributed by atoms with E-state index in [-0.39, 0.29) is 0 Å². The maximum absolute atomic E-state index is 4.99. The molecule has 6 heterocycles. The van der Waals surface area contributed by atoms with Crippen LogP contribution in [0.1, 0.15) is 18.4 Å². The van der Waals surface area contributed by atoms with E-state index in [0.29, 0.717) is 11.5 Å². The summed E-state index contributed by atoms with van der Waals surface area (Å²) in [6, 6.07) is 16.3. The van der Waals surface area contributed by atoms with Crippen molar-refractivity contribution in [1.82, 2.24) is 40.0 Å². The largest absolute Gasteiger partial charge is 0.336 e. The number of hydrogen-bond donors (Lipinski definition) is 2. The van der Waals surface area contributed by atoms with Gasteiger partial charge in [0.2, 0.25) is 0 Å². The summed E-state index contributed by atoms with van der Waals surface area (Å²) in [5, 5.41) is 7.68. The van der Waals surface area contributed by atoms with Gasteiger partial charge in [0, 0.05) is 42.5 Å². The van der Waals surface area contributed by atoms with Crippen LogP contribution in [0.2, 0.25) is 0 Å². The van der Waals surface area contributed by atoms with Crippen LogP contribution in [0.25, 0.3) is 56.0 Å². The smallest absolute Gasteiger partial charge is 0.161 e. The maximum Gasteiger partial charge on any atom is 0.161 e. The molecule has 0 aliphatic carbocycles. The lowest BCUT2D eigenvalue weighted by Gasteiger charge is -2.14. The van der Waals surface area contributed by atoms with Gasteiger partial charge in [0.05, 0.1) is 22.2 Å². The van der Waals surface area contributed by atoms with Crippen molar-refractivity contribution < 1.29 is 0 Å². The second-order valence-corrected chi connectivity index (χ2v) is 9.25. The lowest BCUT2D eigenvalue weighted by Crippen LogP contribution is -2.18. The Morgan fingerprint density at radius 2 is 1.69 bits per heavy atom. The molecule has 0 atom stereocenters. The third kappa shape index (κ3) is 3.72. The minimum absolute atomic E-state index is 0.684. The molecule has 1 aliphatic heterocycles. The molecule has 8 heteroatoms. The van der Waals surface area contributed by atoms with E-state index >= 15 is 0 Å². The first kappa shape index (κ1) is 20.9. The number of rotatable bonds is 5. The van der Waals surface area contributed by atoms with E-state index in [9.17, 15) is 0 Å². The van der Waals surface area contributed by atoms with Crippen LogP contribution in [0.4, 0.5) is 0 Å². The monoisotopic (exact) mass is 472 g/mol. The van der Waals surface area contributed by atoms with Crippen LogP contribution in [0.3, 0.4) is 0 Å². The third-order valence-electron chi connectivity index (χ3n) is 6.83. The highest BCUT2D eigenvalue weighted by atomic mass is 15.2. The van der Waals surface area contributed by atoms with Gasteiger partial charge in [0.15, 0.2) is 11.5 Å². The Kier molecular flexibility index (Phi) is 5.03. The summed E-state index contributed by atoms with van der Waals surface area (Å²) in [4.78, 5) is 24.5. The maximum atomic E-state index is 4.99. The number of H-pyrrole nitrogens is 2. The van der Waals surface area contributed by atoms with Crippen LogP contribution in [0.5, 0.6) is 0 Å². The number of aromatic nitrogens is 7. The molecule has 5 aromatic heterocycles. The highest BCUT2D eigenvalue weighted by Crippen LogP contribution is 2.31. The van der Waals surface area contributed by atoms with Crippen LogP contribution in [0, 0.1) is 0 Å². The summed E-state index contributed by atoms with van der Waals surface area (Å²) in [6.07, 6.45) is 9.98. The van der Waals surface area contributed by atoms with Gasteiger partial charge in [0.1, 0.15) is 5.52 Å². The molecule has 0 radical (unpaired) electrons. The van der Waals surface area contributed by atoms with Gasteiger partial charge in [-0.15, -0.1) is 0 Å². The van der Waals surface area contributed by atoms with Gasteiger partial charge in [-0.3, -0.25) is 20.0 Å². The number of imidazole rings is 1. The van der Waals surface area contributed by atoms with E-state index in [2.05, 4.69) is 42.2 Å². The van der Waals surface area contributed by atoms with Crippen LogP contribution in [-0.4, -0.2) is 53.1 Å². The first-order valence-electron chi connectivity index (χ1n) is 12.2. The van der Waals surface area contributed by atoms with Crippen molar-refractivity contribution in [2.75, 3.05) is 13.1 Å². The van der Waals surface area contributed by atoms with Gasteiger partial charge >= 0.3 is 0 Å². The molecule has 0 saturated carbocycles. The van der Waals surface area contributed by atoms with Crippen molar-refractivity contribution >= 4 is 22.1 Å². The van der Waals surface area contributed by atoms with Gasteiger partial charge in [-0.05, 0) is 73.5 Å². The van der Waals surface area contributed by atoms with Crippen LogP contribution >= 0.6 is 0 Å². The Labute approximate surface area is 207 Å². The molecule has 0 unspecified atom stereocenters. The molecule has 6 aromatic rings. The van der Waals surface area contributed by atoms with E-state index in [0.717, 1.165) is 64.1 Å². The standard InChI is InChI=1S/C28H24N8/c1-2-13-36(12-1)17-18-14-20(16-30-15-18)22-6-7-24-26(31-22)27(35-34-24)28-32-23-5-3-4-21(25(23)33-28)19-8-10-29-11-9-19/h3-11,14-16H,1-2,12-13,17H2,(H,32,33)(H,34,35). The molecule has 1 aromatic carbocycles. The number of pyridine rings is 3. The van der Waals surface area contributed by atoms with Gasteiger partial charge < -0.3 is 4.98 Å². The molecule has 0 bridgehead atoms. The number of nitrogens with zero attached hydrogens (tertiary/aromatic N) is 6. The first-order valence-corrected chi connectivity index (χ1v) is 12.2. The van der Waals surface area contributed by atoms with E-state index in [1.165, 1.54) is 18.4 Å². The van der Waals surface area contributed by atoms with Gasteiger partial charge in [-0.2, -0.15) is 5.10 Å². The Morgan fingerprint density at radius 3 is 2.58 bits per heavy atom. The average Bonchev–Trinajstić information content (AvgIpc) is 3.68. The van der Waals surface area contributed by atoms with Gasteiger partial charge in [-0.1, -0.05) is 12.1 Å². The number of benzene rings is 1. The molecule has 1 fully saturated rings. The molecule has 2 N–H and O–H groups in total. The molecular formula is C28H24N8. The van der Waals surface area contributed by atoms with E-state index < -0.39 is 0 Å². The van der Waals surface area contributed by atoms with E-state index in [1.54, 1.807) is 12.4 Å². The summed E-state index contributed by atoms with van der Waals surface area (Å²) < 4.78 is 0. The summed E-state index contributed by atoms with van der Waals surface area (Å²) >= 11 is 0. The van der Waals surface area contributed by atoms with Crippen molar-refractivity contribution in [1.29, 1.82) is 0 Å². The normalized spacial score (nSPS) is 14.2. The molecular weight excluding hydrogens is 448 g/mol. The number of nitrogens with one attached hydrogen (secondary N) is 2. The topological polar surface area (TPSA) is 99.3 Å². The van der Waals surface area contributed by atoms with Gasteiger partial charge in [-0.25, -0.2) is 9.97 Å². The first-order chi connectivity index (χ1) is 17.8. The zero-order valence-electron chi connectivity index (χ0n) is 19.6. The number of para-hydroxylation sites is 1. The van der Waals surface area contributed by atoms with Crippen LogP contribution < -0.4 is 0 Å². The fourth-order valence-corrected chi connectivity index (χ4v) is 5.05. The molecule has 1 aliphatic rings.